The average molecular weight is 269 g/mol. The van der Waals surface area contributed by atoms with Crippen LogP contribution in [0.4, 0.5) is 0 Å². The van der Waals surface area contributed by atoms with Crippen molar-refractivity contribution in [3.63, 3.8) is 0 Å². The average Bonchev–Trinajstić information content (AvgIpc) is 2.97. The molecule has 4 nitrogen and oxygen atoms in total. The Kier molecular flexibility index (Phi) is 3.08. The van der Waals surface area contributed by atoms with Gasteiger partial charge in [0.05, 0.1) is 5.92 Å². The number of fused-ring (bicyclic) bond motifs is 2. The third-order valence-corrected chi connectivity index (χ3v) is 4.41. The fraction of sp³-hybridized carbons (Fsp3) is 0.375. The maximum absolute atomic E-state index is 12.3. The van der Waals surface area contributed by atoms with E-state index in [2.05, 4.69) is 42.3 Å². The number of rotatable bonds is 2. The van der Waals surface area contributed by atoms with Gasteiger partial charge in [0.25, 0.3) is 5.91 Å². The van der Waals surface area contributed by atoms with Crippen molar-refractivity contribution >= 4 is 11.9 Å². The quantitative estimate of drug-likeness (QED) is 0.487. The summed E-state index contributed by atoms with van der Waals surface area (Å²) in [7, 11) is 0. The van der Waals surface area contributed by atoms with Gasteiger partial charge in [-0.25, -0.2) is 0 Å². The molecule has 1 aromatic rings. The van der Waals surface area contributed by atoms with Gasteiger partial charge in [0.15, 0.2) is 5.96 Å². The summed E-state index contributed by atoms with van der Waals surface area (Å²) in [5.41, 5.74) is 13.1. The third-order valence-electron chi connectivity index (χ3n) is 4.41. The Bertz CT molecular complexity index is 601. The van der Waals surface area contributed by atoms with Gasteiger partial charge in [-0.1, -0.05) is 42.0 Å². The Morgan fingerprint density at radius 3 is 2.70 bits per heavy atom. The normalized spacial score (nSPS) is 30.4. The maximum atomic E-state index is 12.3. The van der Waals surface area contributed by atoms with Gasteiger partial charge >= 0.3 is 0 Å². The van der Waals surface area contributed by atoms with Crippen molar-refractivity contribution in [2.24, 2.45) is 34.2 Å². The molecular weight excluding hydrogens is 250 g/mol. The van der Waals surface area contributed by atoms with Crippen LogP contribution in [0, 0.1) is 24.7 Å². The second-order valence-electron chi connectivity index (χ2n) is 5.79. The molecule has 2 bridgehead atoms. The number of hydrogen-bond donors (Lipinski definition) is 2. The number of hydrogen-bond acceptors (Lipinski definition) is 1. The second-order valence-corrected chi connectivity index (χ2v) is 5.79. The highest BCUT2D eigenvalue weighted by molar-refractivity contribution is 5.93. The summed E-state index contributed by atoms with van der Waals surface area (Å²) in [6.07, 6.45) is 5.40. The highest BCUT2D eigenvalue weighted by Gasteiger charge is 2.48. The molecule has 0 aromatic heterocycles. The Balaban J connectivity index is 1.98. The molecule has 20 heavy (non-hydrogen) atoms. The molecule has 4 atom stereocenters. The topological polar surface area (TPSA) is 81.5 Å². The first-order valence-electron chi connectivity index (χ1n) is 6.94. The van der Waals surface area contributed by atoms with Crippen LogP contribution in [-0.2, 0) is 4.79 Å². The molecule has 1 aromatic carbocycles. The summed E-state index contributed by atoms with van der Waals surface area (Å²) in [6.45, 7) is 2.07. The van der Waals surface area contributed by atoms with Crippen molar-refractivity contribution < 1.29 is 4.79 Å². The number of allylic oxidation sites excluding steroid dienone is 2. The lowest BCUT2D eigenvalue weighted by Gasteiger charge is -2.26. The van der Waals surface area contributed by atoms with Crippen LogP contribution in [0.25, 0.3) is 0 Å². The first-order chi connectivity index (χ1) is 9.56. The van der Waals surface area contributed by atoms with Gasteiger partial charge in [-0.2, -0.15) is 4.99 Å². The molecule has 4 N–H and O–H groups in total. The molecule has 0 saturated heterocycles. The predicted octanol–water partition coefficient (Wildman–Crippen LogP) is 1.70. The lowest BCUT2D eigenvalue weighted by molar-refractivity contribution is -0.122. The van der Waals surface area contributed by atoms with E-state index in [0.29, 0.717) is 5.92 Å². The molecule has 1 fully saturated rings. The monoisotopic (exact) mass is 269 g/mol. The minimum Gasteiger partial charge on any atom is -0.370 e. The first-order valence-corrected chi connectivity index (χ1v) is 6.94. The fourth-order valence-electron chi connectivity index (χ4n) is 3.69. The van der Waals surface area contributed by atoms with Crippen molar-refractivity contribution in [3.8, 4) is 0 Å². The molecule has 1 amide bonds. The van der Waals surface area contributed by atoms with Crippen molar-refractivity contribution in [2.75, 3.05) is 0 Å². The number of guanidine groups is 1. The smallest absolute Gasteiger partial charge is 0.253 e. The Morgan fingerprint density at radius 2 is 2.00 bits per heavy atom. The fourth-order valence-corrected chi connectivity index (χ4v) is 3.69. The largest absolute Gasteiger partial charge is 0.370 e. The van der Waals surface area contributed by atoms with Crippen molar-refractivity contribution in [2.45, 2.75) is 19.3 Å². The second kappa shape index (κ2) is 4.78. The number of nitrogens with two attached hydrogens (primary N) is 2. The zero-order chi connectivity index (χ0) is 14.3. The predicted molar refractivity (Wildman–Crippen MR) is 79.0 cm³/mol. The summed E-state index contributed by atoms with van der Waals surface area (Å²) in [5, 5.41) is 0. The van der Waals surface area contributed by atoms with Crippen LogP contribution < -0.4 is 11.5 Å². The standard InChI is InChI=1S/C16H19N3O/c1-9-3-2-4-10(7-9)13-11-5-6-12(8-11)14(13)15(20)19-16(17)18/h2-7,11-14H,8H2,1H3,(H4,17,18,19,20). The van der Waals surface area contributed by atoms with Gasteiger partial charge in [0.2, 0.25) is 0 Å². The molecule has 1 saturated carbocycles. The maximum Gasteiger partial charge on any atom is 0.253 e. The van der Waals surface area contributed by atoms with E-state index in [1.165, 1.54) is 11.1 Å². The number of carbonyl (C=O) groups is 1. The summed E-state index contributed by atoms with van der Waals surface area (Å²) in [6, 6.07) is 8.37. The van der Waals surface area contributed by atoms with Crippen LogP contribution in [0.1, 0.15) is 23.5 Å². The van der Waals surface area contributed by atoms with E-state index in [-0.39, 0.29) is 29.6 Å². The van der Waals surface area contributed by atoms with Crippen LogP contribution in [0.5, 0.6) is 0 Å². The van der Waals surface area contributed by atoms with Crippen molar-refractivity contribution in [3.05, 3.63) is 47.5 Å². The molecule has 0 aliphatic heterocycles. The lowest BCUT2D eigenvalue weighted by Crippen LogP contribution is -2.30. The van der Waals surface area contributed by atoms with Gasteiger partial charge in [0, 0.05) is 5.92 Å². The number of aryl methyl sites for hydroxylation is 1. The number of amides is 1. The third kappa shape index (κ3) is 2.11. The lowest BCUT2D eigenvalue weighted by atomic mass is 9.78. The highest BCUT2D eigenvalue weighted by atomic mass is 16.1. The van der Waals surface area contributed by atoms with Crippen LogP contribution in [-0.4, -0.2) is 11.9 Å². The van der Waals surface area contributed by atoms with Gasteiger partial charge < -0.3 is 11.5 Å². The summed E-state index contributed by atoms with van der Waals surface area (Å²) in [5.74, 6) is 0.415. The number of benzene rings is 1. The molecule has 2 aliphatic carbocycles. The SMILES string of the molecule is Cc1cccc(C2C3C=CC(C3)C2C(=O)N=C(N)N)c1. The zero-order valence-electron chi connectivity index (χ0n) is 11.5. The molecular formula is C16H19N3O. The summed E-state index contributed by atoms with van der Waals surface area (Å²) < 4.78 is 0. The van der Waals surface area contributed by atoms with E-state index in [4.69, 9.17) is 11.5 Å². The van der Waals surface area contributed by atoms with E-state index >= 15 is 0 Å². The van der Waals surface area contributed by atoms with E-state index in [9.17, 15) is 4.79 Å². The minimum atomic E-state index is -0.187. The number of aliphatic imine (C=N–C) groups is 1. The van der Waals surface area contributed by atoms with Crippen LogP contribution in [0.2, 0.25) is 0 Å². The summed E-state index contributed by atoms with van der Waals surface area (Å²) >= 11 is 0. The van der Waals surface area contributed by atoms with E-state index in [1.807, 2.05) is 6.07 Å². The zero-order valence-corrected chi connectivity index (χ0v) is 11.5. The molecule has 2 aliphatic rings. The van der Waals surface area contributed by atoms with Crippen LogP contribution in [0.15, 0.2) is 41.4 Å². The number of nitrogens with zero attached hydrogens (tertiary/aromatic N) is 1. The van der Waals surface area contributed by atoms with E-state index in [1.54, 1.807) is 0 Å². The van der Waals surface area contributed by atoms with Crippen molar-refractivity contribution in [1.29, 1.82) is 0 Å². The van der Waals surface area contributed by atoms with Gasteiger partial charge in [-0.05, 0) is 30.7 Å². The molecule has 4 unspecified atom stereocenters. The van der Waals surface area contributed by atoms with Crippen LogP contribution >= 0.6 is 0 Å². The van der Waals surface area contributed by atoms with Crippen molar-refractivity contribution in [1.82, 2.24) is 0 Å². The van der Waals surface area contributed by atoms with Gasteiger partial charge in [-0.15, -0.1) is 0 Å². The Labute approximate surface area is 118 Å². The molecule has 0 spiro atoms. The minimum absolute atomic E-state index is 0.131. The van der Waals surface area contributed by atoms with E-state index < -0.39 is 0 Å². The highest BCUT2D eigenvalue weighted by Crippen LogP contribution is 2.53. The Hall–Kier alpha value is -2.10. The van der Waals surface area contributed by atoms with Crippen LogP contribution in [0.3, 0.4) is 0 Å². The van der Waals surface area contributed by atoms with E-state index in [0.717, 1.165) is 6.42 Å². The molecule has 104 valence electrons. The van der Waals surface area contributed by atoms with Gasteiger partial charge in [-0.3, -0.25) is 4.79 Å². The molecule has 0 radical (unpaired) electrons. The molecule has 3 rings (SSSR count). The summed E-state index contributed by atoms with van der Waals surface area (Å²) in [4.78, 5) is 16.1. The Morgan fingerprint density at radius 1 is 1.25 bits per heavy atom. The first kappa shape index (κ1) is 12.9. The van der Waals surface area contributed by atoms with Gasteiger partial charge in [0.1, 0.15) is 0 Å². The molecule has 4 heteroatoms. The number of carbonyl (C=O) groups excluding carboxylic acids is 1. The molecule has 0 heterocycles.